The minimum Gasteiger partial charge on any atom is -0.481 e. The predicted octanol–water partition coefficient (Wildman–Crippen LogP) is 4.94. The number of benzene rings is 3. The van der Waals surface area contributed by atoms with Crippen LogP contribution >= 0.6 is 0 Å². The van der Waals surface area contributed by atoms with Crippen LogP contribution in [0.3, 0.4) is 0 Å². The van der Waals surface area contributed by atoms with E-state index in [-0.39, 0.29) is 23.8 Å². The average Bonchev–Trinajstić information content (AvgIpc) is 3.16. The zero-order valence-electron chi connectivity index (χ0n) is 18.4. The fourth-order valence-corrected chi connectivity index (χ4v) is 4.15. The number of halogens is 2. The molecule has 0 aromatic heterocycles. The molecule has 0 bridgehead atoms. The first-order chi connectivity index (χ1) is 16.8. The maximum atomic E-state index is 12.9. The highest BCUT2D eigenvalue weighted by Crippen LogP contribution is 2.44. The molecule has 7 nitrogen and oxygen atoms in total. The number of amides is 2. The summed E-state index contributed by atoms with van der Waals surface area (Å²) in [6.07, 6.45) is -4.42. The van der Waals surface area contributed by atoms with Crippen LogP contribution in [-0.2, 0) is 14.3 Å². The molecule has 180 valence electrons. The Morgan fingerprint density at radius 3 is 2.14 bits per heavy atom. The van der Waals surface area contributed by atoms with Gasteiger partial charge in [0.1, 0.15) is 12.6 Å². The lowest BCUT2D eigenvalue weighted by atomic mass is 9.98. The Morgan fingerprint density at radius 2 is 1.54 bits per heavy atom. The summed E-state index contributed by atoms with van der Waals surface area (Å²) in [5, 5.41) is 13.8. The normalized spacial score (nSPS) is 13.0. The molecule has 0 saturated carbocycles. The number of nitrogens with one attached hydrogen (secondary N) is 2. The van der Waals surface area contributed by atoms with Gasteiger partial charge in [-0.2, -0.15) is 0 Å². The van der Waals surface area contributed by atoms with E-state index >= 15 is 0 Å². The van der Waals surface area contributed by atoms with Gasteiger partial charge < -0.3 is 20.5 Å². The van der Waals surface area contributed by atoms with E-state index in [1.54, 1.807) is 0 Å². The summed E-state index contributed by atoms with van der Waals surface area (Å²) in [4.78, 5) is 36.4. The Morgan fingerprint density at radius 1 is 0.914 bits per heavy atom. The topological polar surface area (TPSA) is 105 Å². The summed E-state index contributed by atoms with van der Waals surface area (Å²) in [6, 6.07) is 19.1. The quantitative estimate of drug-likeness (QED) is 0.423. The van der Waals surface area contributed by atoms with Crippen LogP contribution in [0.4, 0.5) is 19.3 Å². The molecule has 0 radical (unpaired) electrons. The van der Waals surface area contributed by atoms with Gasteiger partial charge in [-0.1, -0.05) is 60.7 Å². The molecule has 3 aromatic carbocycles. The second kappa shape index (κ2) is 10.3. The van der Waals surface area contributed by atoms with Gasteiger partial charge in [0.2, 0.25) is 5.91 Å². The molecule has 9 heteroatoms. The van der Waals surface area contributed by atoms with Crippen LogP contribution in [0.2, 0.25) is 0 Å². The number of aliphatic carboxylic acids is 1. The van der Waals surface area contributed by atoms with Crippen LogP contribution in [0.15, 0.2) is 72.8 Å². The number of hydrogen-bond donors (Lipinski definition) is 3. The second-order valence-corrected chi connectivity index (χ2v) is 8.04. The van der Waals surface area contributed by atoms with Crippen molar-refractivity contribution in [3.8, 4) is 11.1 Å². The van der Waals surface area contributed by atoms with Gasteiger partial charge in [0.25, 0.3) is 6.43 Å². The lowest BCUT2D eigenvalue weighted by Crippen LogP contribution is -2.45. The highest BCUT2D eigenvalue weighted by Gasteiger charge is 2.30. The standard InChI is InChI=1S/C26H22F2N2O5/c27-24(28)15-6-5-7-16(12-15)29-25(33)22(13-23(31)32)30-26(34)35-14-21-19-10-3-1-8-17(19)18-9-2-4-11-20(18)21/h1-12,21-22,24H,13-14H2,(H,29,33)(H,30,34)(H,31,32). The summed E-state index contributed by atoms with van der Waals surface area (Å²) in [5.74, 6) is -2.41. The first-order valence-corrected chi connectivity index (χ1v) is 10.9. The molecule has 0 spiro atoms. The zero-order chi connectivity index (χ0) is 24.9. The van der Waals surface area contributed by atoms with E-state index in [9.17, 15) is 28.3 Å². The van der Waals surface area contributed by atoms with Crippen molar-refractivity contribution < 1.29 is 33.0 Å². The number of carbonyl (C=O) groups is 3. The molecule has 1 aliphatic carbocycles. The minimum atomic E-state index is -2.74. The molecule has 1 aliphatic rings. The van der Waals surface area contributed by atoms with Gasteiger partial charge >= 0.3 is 12.1 Å². The third-order valence-electron chi connectivity index (χ3n) is 5.74. The van der Waals surface area contributed by atoms with Gasteiger partial charge in [0.05, 0.1) is 6.42 Å². The van der Waals surface area contributed by atoms with Crippen molar-refractivity contribution >= 4 is 23.7 Å². The molecule has 3 aromatic rings. The maximum absolute atomic E-state index is 12.9. The van der Waals surface area contributed by atoms with Crippen molar-refractivity contribution in [2.45, 2.75) is 24.8 Å². The molecule has 2 amide bonds. The lowest BCUT2D eigenvalue weighted by molar-refractivity contribution is -0.139. The summed E-state index contributed by atoms with van der Waals surface area (Å²) < 4.78 is 31.2. The van der Waals surface area contributed by atoms with Gasteiger partial charge in [-0.05, 0) is 34.4 Å². The molecular weight excluding hydrogens is 458 g/mol. The van der Waals surface area contributed by atoms with E-state index in [1.165, 1.54) is 18.2 Å². The fourth-order valence-electron chi connectivity index (χ4n) is 4.15. The van der Waals surface area contributed by atoms with Crippen LogP contribution in [0.1, 0.15) is 35.5 Å². The number of alkyl carbamates (subject to hydrolysis) is 1. The number of hydrogen-bond acceptors (Lipinski definition) is 4. The molecule has 0 heterocycles. The number of ether oxygens (including phenoxy) is 1. The van der Waals surface area contributed by atoms with Gasteiger partial charge in [-0.25, -0.2) is 13.6 Å². The summed E-state index contributed by atoms with van der Waals surface area (Å²) in [7, 11) is 0. The van der Waals surface area contributed by atoms with Crippen LogP contribution in [-0.4, -0.2) is 35.7 Å². The fraction of sp³-hybridized carbons (Fsp3) is 0.192. The summed E-state index contributed by atoms with van der Waals surface area (Å²) in [5.41, 5.74) is 3.85. The molecule has 1 unspecified atom stereocenters. The second-order valence-electron chi connectivity index (χ2n) is 8.04. The Labute approximate surface area is 199 Å². The molecule has 35 heavy (non-hydrogen) atoms. The molecular formula is C26H22F2N2O5. The lowest BCUT2D eigenvalue weighted by Gasteiger charge is -2.19. The van der Waals surface area contributed by atoms with E-state index in [0.29, 0.717) is 0 Å². The van der Waals surface area contributed by atoms with Crippen molar-refractivity contribution in [1.29, 1.82) is 0 Å². The number of fused-ring (bicyclic) bond motifs is 3. The third-order valence-corrected chi connectivity index (χ3v) is 5.74. The number of rotatable bonds is 8. The van der Waals surface area contributed by atoms with Crippen LogP contribution in [0.5, 0.6) is 0 Å². The average molecular weight is 480 g/mol. The monoisotopic (exact) mass is 480 g/mol. The number of anilines is 1. The van der Waals surface area contributed by atoms with Crippen molar-refractivity contribution in [3.63, 3.8) is 0 Å². The van der Waals surface area contributed by atoms with Gasteiger partial charge in [-0.15, -0.1) is 0 Å². The van der Waals surface area contributed by atoms with Crippen molar-refractivity contribution in [3.05, 3.63) is 89.5 Å². The SMILES string of the molecule is O=C(O)CC(NC(=O)OCC1c2ccccc2-c2ccccc21)C(=O)Nc1cccc(C(F)F)c1. The summed E-state index contributed by atoms with van der Waals surface area (Å²) >= 11 is 0. The third kappa shape index (κ3) is 5.46. The van der Waals surface area contributed by atoms with E-state index in [2.05, 4.69) is 10.6 Å². The maximum Gasteiger partial charge on any atom is 0.407 e. The van der Waals surface area contributed by atoms with Crippen molar-refractivity contribution in [1.82, 2.24) is 5.32 Å². The Bertz CT molecular complexity index is 1220. The van der Waals surface area contributed by atoms with E-state index in [4.69, 9.17) is 4.74 Å². The number of carboxylic acids is 1. The van der Waals surface area contributed by atoms with E-state index in [1.807, 2.05) is 48.5 Å². The van der Waals surface area contributed by atoms with Gasteiger partial charge in [0.15, 0.2) is 0 Å². The molecule has 0 aliphatic heterocycles. The molecule has 0 fully saturated rings. The highest BCUT2D eigenvalue weighted by atomic mass is 19.3. The Balaban J connectivity index is 1.42. The predicted molar refractivity (Wildman–Crippen MR) is 124 cm³/mol. The number of alkyl halides is 2. The van der Waals surface area contributed by atoms with Gasteiger partial charge in [0, 0.05) is 17.2 Å². The van der Waals surface area contributed by atoms with Crippen LogP contribution in [0, 0.1) is 0 Å². The highest BCUT2D eigenvalue weighted by molar-refractivity contribution is 5.98. The molecule has 4 rings (SSSR count). The first kappa shape index (κ1) is 23.9. The molecule has 1 atom stereocenters. The Kier molecular flexibility index (Phi) is 7.05. The van der Waals surface area contributed by atoms with Crippen molar-refractivity contribution in [2.75, 3.05) is 11.9 Å². The molecule has 3 N–H and O–H groups in total. The summed E-state index contributed by atoms with van der Waals surface area (Å²) in [6.45, 7) is -0.0162. The van der Waals surface area contributed by atoms with E-state index in [0.717, 1.165) is 28.3 Å². The molecule has 0 saturated heterocycles. The van der Waals surface area contributed by atoms with E-state index < -0.39 is 36.9 Å². The zero-order valence-corrected chi connectivity index (χ0v) is 18.4. The van der Waals surface area contributed by atoms with Gasteiger partial charge in [-0.3, -0.25) is 9.59 Å². The smallest absolute Gasteiger partial charge is 0.407 e. The van der Waals surface area contributed by atoms with Crippen LogP contribution < -0.4 is 10.6 Å². The number of carbonyl (C=O) groups excluding carboxylic acids is 2. The Hall–Kier alpha value is -4.27. The van der Waals surface area contributed by atoms with Crippen LogP contribution in [0.25, 0.3) is 11.1 Å². The van der Waals surface area contributed by atoms with Crippen molar-refractivity contribution in [2.24, 2.45) is 0 Å². The largest absolute Gasteiger partial charge is 0.481 e. The minimum absolute atomic E-state index is 0.0162. The number of carboxylic acid groups (broad SMARTS) is 1. The first-order valence-electron chi connectivity index (χ1n) is 10.9.